The Morgan fingerprint density at radius 2 is 1.81 bits per heavy atom. The Balaban J connectivity index is 2.03. The van der Waals surface area contributed by atoms with E-state index in [9.17, 15) is 8.78 Å². The maximum absolute atomic E-state index is 14.1. The topological polar surface area (TPSA) is 12.0 Å². The molecule has 0 saturated carbocycles. The lowest BCUT2D eigenvalue weighted by molar-refractivity contribution is 0.458. The Hall–Kier alpha value is -1.45. The van der Waals surface area contributed by atoms with Crippen molar-refractivity contribution in [3.63, 3.8) is 0 Å². The molecular weight excluding hydrogens is 292 g/mol. The van der Waals surface area contributed by atoms with Crippen LogP contribution in [-0.2, 0) is 0 Å². The third kappa shape index (κ3) is 3.09. The summed E-state index contributed by atoms with van der Waals surface area (Å²) in [6.45, 7) is 1.87. The molecule has 1 saturated heterocycles. The van der Waals surface area contributed by atoms with Gasteiger partial charge < -0.3 is 5.32 Å². The minimum absolute atomic E-state index is 0.0557. The lowest BCUT2D eigenvalue weighted by atomic mass is 9.88. The molecule has 3 rings (SSSR count). The van der Waals surface area contributed by atoms with E-state index in [1.807, 2.05) is 6.07 Å². The van der Waals surface area contributed by atoms with E-state index >= 15 is 0 Å². The maximum Gasteiger partial charge on any atom is 0.149 e. The molecule has 1 fully saturated rings. The second kappa shape index (κ2) is 6.12. The molecule has 21 heavy (non-hydrogen) atoms. The van der Waals surface area contributed by atoms with Gasteiger partial charge in [-0.2, -0.15) is 0 Å². The highest BCUT2D eigenvalue weighted by atomic mass is 35.5. The van der Waals surface area contributed by atoms with E-state index in [0.717, 1.165) is 31.5 Å². The molecule has 1 aliphatic rings. The third-order valence-electron chi connectivity index (χ3n) is 3.99. The van der Waals surface area contributed by atoms with Gasteiger partial charge in [0, 0.05) is 5.56 Å². The molecule has 1 heterocycles. The fourth-order valence-electron chi connectivity index (χ4n) is 2.89. The van der Waals surface area contributed by atoms with E-state index in [-0.39, 0.29) is 10.8 Å². The molecule has 0 amide bonds. The van der Waals surface area contributed by atoms with Gasteiger partial charge in [-0.25, -0.2) is 8.78 Å². The highest BCUT2D eigenvalue weighted by Crippen LogP contribution is 2.32. The van der Waals surface area contributed by atoms with Crippen LogP contribution in [0.15, 0.2) is 36.4 Å². The molecule has 0 aromatic heterocycles. The normalized spacial score (nSPS) is 16.1. The van der Waals surface area contributed by atoms with Gasteiger partial charge in [0.15, 0.2) is 0 Å². The Bertz CT molecular complexity index is 651. The van der Waals surface area contributed by atoms with Gasteiger partial charge in [0.1, 0.15) is 11.6 Å². The Morgan fingerprint density at radius 1 is 1.05 bits per heavy atom. The fraction of sp³-hybridized carbons (Fsp3) is 0.294. The van der Waals surface area contributed by atoms with Crippen molar-refractivity contribution >= 4 is 11.6 Å². The number of piperidine rings is 1. The summed E-state index contributed by atoms with van der Waals surface area (Å²) >= 11 is 5.81. The third-order valence-corrected chi connectivity index (χ3v) is 4.29. The summed E-state index contributed by atoms with van der Waals surface area (Å²) in [6.07, 6.45) is 1.95. The van der Waals surface area contributed by atoms with Gasteiger partial charge >= 0.3 is 0 Å². The van der Waals surface area contributed by atoms with Crippen LogP contribution in [0, 0.1) is 11.6 Å². The Morgan fingerprint density at radius 3 is 2.57 bits per heavy atom. The van der Waals surface area contributed by atoms with Crippen LogP contribution < -0.4 is 5.32 Å². The molecule has 0 unspecified atom stereocenters. The van der Waals surface area contributed by atoms with Crippen molar-refractivity contribution in [2.24, 2.45) is 0 Å². The van der Waals surface area contributed by atoms with Gasteiger partial charge in [-0.1, -0.05) is 29.8 Å². The van der Waals surface area contributed by atoms with Crippen molar-refractivity contribution in [2.45, 2.75) is 18.8 Å². The van der Waals surface area contributed by atoms with Crippen LogP contribution in [0.2, 0.25) is 5.02 Å². The van der Waals surface area contributed by atoms with Crippen LogP contribution in [0.5, 0.6) is 0 Å². The Kier molecular flexibility index (Phi) is 4.22. The number of hydrogen-bond acceptors (Lipinski definition) is 1. The molecule has 2 aromatic carbocycles. The van der Waals surface area contributed by atoms with Crippen molar-refractivity contribution in [2.75, 3.05) is 13.1 Å². The summed E-state index contributed by atoms with van der Waals surface area (Å²) in [7, 11) is 0. The van der Waals surface area contributed by atoms with Crippen LogP contribution >= 0.6 is 11.6 Å². The monoisotopic (exact) mass is 307 g/mol. The standard InChI is InChI=1S/C17H16ClF2N/c18-16-3-1-2-15(17(16)20)13-8-12(9-14(19)10-13)11-4-6-21-7-5-11/h1-3,8-11,21H,4-7H2. The van der Waals surface area contributed by atoms with Crippen molar-refractivity contribution in [3.8, 4) is 11.1 Å². The number of halogens is 3. The minimum Gasteiger partial charge on any atom is -0.317 e. The predicted octanol–water partition coefficient (Wildman–Crippen LogP) is 4.75. The van der Waals surface area contributed by atoms with E-state index in [2.05, 4.69) is 5.32 Å². The van der Waals surface area contributed by atoms with E-state index in [1.165, 1.54) is 12.1 Å². The van der Waals surface area contributed by atoms with Crippen molar-refractivity contribution in [1.82, 2.24) is 5.32 Å². The fourth-order valence-corrected chi connectivity index (χ4v) is 3.06. The maximum atomic E-state index is 14.1. The van der Waals surface area contributed by atoms with Crippen LogP contribution in [0.25, 0.3) is 11.1 Å². The SMILES string of the molecule is Fc1cc(-c2cccc(Cl)c2F)cc(C2CCNCC2)c1. The molecule has 110 valence electrons. The first-order chi connectivity index (χ1) is 10.1. The summed E-state index contributed by atoms with van der Waals surface area (Å²) in [5.41, 5.74) is 1.83. The number of nitrogens with one attached hydrogen (secondary N) is 1. The average Bonchev–Trinajstić information content (AvgIpc) is 2.50. The molecule has 0 atom stereocenters. The Labute approximate surface area is 127 Å². The molecule has 4 heteroatoms. The van der Waals surface area contributed by atoms with E-state index in [1.54, 1.807) is 18.2 Å². The second-order valence-corrected chi connectivity index (χ2v) is 5.81. The smallest absolute Gasteiger partial charge is 0.149 e. The quantitative estimate of drug-likeness (QED) is 0.844. The van der Waals surface area contributed by atoms with Gasteiger partial charge in [0.05, 0.1) is 5.02 Å². The molecule has 1 aliphatic heterocycles. The lowest BCUT2D eigenvalue weighted by Gasteiger charge is -2.23. The molecule has 1 nitrogen and oxygen atoms in total. The number of benzene rings is 2. The molecule has 0 aliphatic carbocycles. The average molecular weight is 308 g/mol. The van der Waals surface area contributed by atoms with Crippen molar-refractivity contribution in [3.05, 3.63) is 58.6 Å². The molecule has 1 N–H and O–H groups in total. The molecule has 0 spiro atoms. The minimum atomic E-state index is -0.499. The summed E-state index contributed by atoms with van der Waals surface area (Å²) in [4.78, 5) is 0. The molecule has 0 radical (unpaired) electrons. The highest BCUT2D eigenvalue weighted by molar-refractivity contribution is 6.31. The van der Waals surface area contributed by atoms with E-state index < -0.39 is 5.82 Å². The largest absolute Gasteiger partial charge is 0.317 e. The van der Waals surface area contributed by atoms with Gasteiger partial charge in [-0.05, 0) is 61.2 Å². The molecule has 0 bridgehead atoms. The van der Waals surface area contributed by atoms with E-state index in [4.69, 9.17) is 11.6 Å². The van der Waals surface area contributed by atoms with Crippen LogP contribution in [0.3, 0.4) is 0 Å². The summed E-state index contributed by atoms with van der Waals surface area (Å²) in [5.74, 6) is -0.510. The van der Waals surface area contributed by atoms with Crippen molar-refractivity contribution in [1.29, 1.82) is 0 Å². The first kappa shape index (κ1) is 14.5. The molecule has 2 aromatic rings. The zero-order valence-electron chi connectivity index (χ0n) is 11.5. The number of rotatable bonds is 2. The molecular formula is C17H16ClF2N. The first-order valence-electron chi connectivity index (χ1n) is 7.11. The zero-order chi connectivity index (χ0) is 14.8. The highest BCUT2D eigenvalue weighted by Gasteiger charge is 2.18. The van der Waals surface area contributed by atoms with Gasteiger partial charge in [0.25, 0.3) is 0 Å². The summed E-state index contributed by atoms with van der Waals surface area (Å²) in [5, 5.41) is 3.35. The van der Waals surface area contributed by atoms with Gasteiger partial charge in [-0.15, -0.1) is 0 Å². The summed E-state index contributed by atoms with van der Waals surface area (Å²) < 4.78 is 28.1. The van der Waals surface area contributed by atoms with Crippen molar-refractivity contribution < 1.29 is 8.78 Å². The van der Waals surface area contributed by atoms with Crippen LogP contribution in [0.1, 0.15) is 24.3 Å². The van der Waals surface area contributed by atoms with E-state index in [0.29, 0.717) is 17.0 Å². The van der Waals surface area contributed by atoms with Gasteiger partial charge in [-0.3, -0.25) is 0 Å². The van der Waals surface area contributed by atoms with Crippen LogP contribution in [-0.4, -0.2) is 13.1 Å². The summed E-state index contributed by atoms with van der Waals surface area (Å²) in [6, 6.07) is 9.60. The predicted molar refractivity (Wildman–Crippen MR) is 81.6 cm³/mol. The first-order valence-corrected chi connectivity index (χ1v) is 7.48. The number of hydrogen-bond donors (Lipinski definition) is 1. The second-order valence-electron chi connectivity index (χ2n) is 5.40. The zero-order valence-corrected chi connectivity index (χ0v) is 12.3. The van der Waals surface area contributed by atoms with Crippen LogP contribution in [0.4, 0.5) is 8.78 Å². The van der Waals surface area contributed by atoms with Gasteiger partial charge in [0.2, 0.25) is 0 Å². The lowest BCUT2D eigenvalue weighted by Crippen LogP contribution is -2.26.